The van der Waals surface area contributed by atoms with Gasteiger partial charge in [0, 0.05) is 0 Å². The van der Waals surface area contributed by atoms with Crippen molar-refractivity contribution in [2.75, 3.05) is 0 Å². The topological polar surface area (TPSA) is 70.0 Å². The lowest BCUT2D eigenvalue weighted by molar-refractivity contribution is 0.561. The Bertz CT molecular complexity index is 413. The summed E-state index contributed by atoms with van der Waals surface area (Å²) < 4.78 is 25.5. The summed E-state index contributed by atoms with van der Waals surface area (Å²) in [5.74, 6) is 0. The van der Waals surface area contributed by atoms with Crippen molar-refractivity contribution in [3.05, 3.63) is 29.8 Å². The summed E-state index contributed by atoms with van der Waals surface area (Å²) in [5.41, 5.74) is 7.84. The van der Waals surface area contributed by atoms with Gasteiger partial charge in [0.15, 0.2) is 0 Å². The molecule has 0 bridgehead atoms. The van der Waals surface area contributed by atoms with Gasteiger partial charge in [-0.3, -0.25) is 0 Å². The summed E-state index contributed by atoms with van der Waals surface area (Å²) in [5, 5.41) is 0. The number of rotatable bonds is 3. The van der Waals surface area contributed by atoms with Crippen molar-refractivity contribution < 1.29 is 8.42 Å². The molecule has 2 N–H and O–H groups in total. The van der Waals surface area contributed by atoms with Crippen LogP contribution in [-0.4, -0.2) is 14.6 Å². The molecule has 0 saturated carbocycles. The molecule has 1 unspecified atom stereocenters. The van der Waals surface area contributed by atoms with Crippen LogP contribution < -0.4 is 10.5 Å². The Kier molecular flexibility index (Phi) is 3.25. The van der Waals surface area contributed by atoms with Crippen molar-refractivity contribution in [2.24, 2.45) is 0 Å². The lowest BCUT2D eigenvalue weighted by atomic mass is 10.2. The molecule has 1 radical (unpaired) electrons. The second-order valence-corrected chi connectivity index (χ2v) is 4.79. The van der Waals surface area contributed by atoms with E-state index in [2.05, 4.69) is 4.72 Å². The SMILES string of the molecule is Cc1ccccc1S(=O)(=O)NC(C)[NH]. The van der Waals surface area contributed by atoms with Crippen LogP contribution in [0.2, 0.25) is 0 Å². The maximum Gasteiger partial charge on any atom is 0.242 e. The Balaban J connectivity index is 3.11. The van der Waals surface area contributed by atoms with Gasteiger partial charge in [0.2, 0.25) is 10.0 Å². The van der Waals surface area contributed by atoms with Gasteiger partial charge in [-0.15, -0.1) is 0 Å². The molecule has 0 fully saturated rings. The highest BCUT2D eigenvalue weighted by Gasteiger charge is 2.16. The maximum absolute atomic E-state index is 11.6. The molecule has 0 spiro atoms. The van der Waals surface area contributed by atoms with Crippen LogP contribution in [0.4, 0.5) is 0 Å². The Labute approximate surface area is 84.2 Å². The Morgan fingerprint density at radius 1 is 1.36 bits per heavy atom. The van der Waals surface area contributed by atoms with Gasteiger partial charge in [-0.2, -0.15) is 4.72 Å². The van der Waals surface area contributed by atoms with Crippen molar-refractivity contribution >= 4 is 10.0 Å². The average Bonchev–Trinajstić information content (AvgIpc) is 2.02. The number of sulfonamides is 1. The van der Waals surface area contributed by atoms with Gasteiger partial charge in [0.25, 0.3) is 0 Å². The molecule has 14 heavy (non-hydrogen) atoms. The largest absolute Gasteiger partial charge is 0.242 e. The van der Waals surface area contributed by atoms with Crippen LogP contribution in [0, 0.1) is 6.92 Å². The third kappa shape index (κ3) is 2.54. The van der Waals surface area contributed by atoms with E-state index in [9.17, 15) is 8.42 Å². The lowest BCUT2D eigenvalue weighted by Crippen LogP contribution is -2.33. The minimum absolute atomic E-state index is 0.235. The summed E-state index contributed by atoms with van der Waals surface area (Å²) >= 11 is 0. The number of hydrogen-bond acceptors (Lipinski definition) is 2. The van der Waals surface area contributed by atoms with Gasteiger partial charge in [-0.25, -0.2) is 14.2 Å². The molecule has 1 atom stereocenters. The highest BCUT2D eigenvalue weighted by atomic mass is 32.2. The minimum Gasteiger partial charge on any atom is -0.239 e. The maximum atomic E-state index is 11.6. The van der Waals surface area contributed by atoms with Gasteiger partial charge in [-0.1, -0.05) is 18.2 Å². The predicted molar refractivity (Wildman–Crippen MR) is 54.1 cm³/mol. The third-order valence-electron chi connectivity index (χ3n) is 1.72. The lowest BCUT2D eigenvalue weighted by Gasteiger charge is -2.10. The van der Waals surface area contributed by atoms with Crippen LogP contribution >= 0.6 is 0 Å². The summed E-state index contributed by atoms with van der Waals surface area (Å²) in [6.07, 6.45) is -0.834. The van der Waals surface area contributed by atoms with Gasteiger partial charge < -0.3 is 0 Å². The summed E-state index contributed by atoms with van der Waals surface area (Å²) in [7, 11) is -3.53. The van der Waals surface area contributed by atoms with E-state index in [1.165, 1.54) is 13.0 Å². The molecule has 0 amide bonds. The van der Waals surface area contributed by atoms with E-state index in [1.54, 1.807) is 25.1 Å². The fourth-order valence-corrected chi connectivity index (χ4v) is 2.50. The number of benzene rings is 1. The van der Waals surface area contributed by atoms with Crippen LogP contribution in [0.5, 0.6) is 0 Å². The molecule has 0 aromatic heterocycles. The van der Waals surface area contributed by atoms with Crippen molar-refractivity contribution in [2.45, 2.75) is 24.9 Å². The van der Waals surface area contributed by atoms with E-state index in [0.29, 0.717) is 5.56 Å². The van der Waals surface area contributed by atoms with Gasteiger partial charge in [0.05, 0.1) is 11.1 Å². The molecule has 1 aromatic carbocycles. The van der Waals surface area contributed by atoms with Crippen molar-refractivity contribution in [3.8, 4) is 0 Å². The molecule has 0 aliphatic carbocycles. The predicted octanol–water partition coefficient (Wildman–Crippen LogP) is 0.902. The van der Waals surface area contributed by atoms with Crippen LogP contribution in [0.3, 0.4) is 0 Å². The first-order valence-electron chi connectivity index (χ1n) is 4.22. The number of aryl methyl sites for hydroxylation is 1. The summed E-state index contributed by atoms with van der Waals surface area (Å²) in [6.45, 7) is 3.19. The molecular weight excluding hydrogens is 200 g/mol. The highest BCUT2D eigenvalue weighted by molar-refractivity contribution is 7.89. The smallest absolute Gasteiger partial charge is 0.239 e. The fraction of sp³-hybridized carbons (Fsp3) is 0.333. The van der Waals surface area contributed by atoms with Crippen molar-refractivity contribution in [1.29, 1.82) is 0 Å². The Morgan fingerprint density at radius 3 is 2.43 bits per heavy atom. The molecule has 1 rings (SSSR count). The molecule has 0 aliphatic rings. The second kappa shape index (κ2) is 4.08. The van der Waals surface area contributed by atoms with E-state index < -0.39 is 16.2 Å². The second-order valence-electron chi connectivity index (χ2n) is 3.11. The molecule has 5 heteroatoms. The van der Waals surface area contributed by atoms with Gasteiger partial charge in [0.1, 0.15) is 0 Å². The van der Waals surface area contributed by atoms with E-state index in [1.807, 2.05) is 0 Å². The quantitative estimate of drug-likeness (QED) is 0.810. The first-order chi connectivity index (χ1) is 6.43. The highest BCUT2D eigenvalue weighted by Crippen LogP contribution is 2.13. The molecule has 0 heterocycles. The zero-order chi connectivity index (χ0) is 10.8. The monoisotopic (exact) mass is 213 g/mol. The fourth-order valence-electron chi connectivity index (χ4n) is 1.15. The van der Waals surface area contributed by atoms with E-state index in [4.69, 9.17) is 5.73 Å². The summed E-state index contributed by atoms with van der Waals surface area (Å²) in [6, 6.07) is 6.69. The zero-order valence-electron chi connectivity index (χ0n) is 8.11. The van der Waals surface area contributed by atoms with Crippen LogP contribution in [0.15, 0.2) is 29.2 Å². The van der Waals surface area contributed by atoms with E-state index >= 15 is 0 Å². The van der Waals surface area contributed by atoms with Crippen molar-refractivity contribution in [3.63, 3.8) is 0 Å². The summed E-state index contributed by atoms with van der Waals surface area (Å²) in [4.78, 5) is 0.235. The van der Waals surface area contributed by atoms with E-state index in [-0.39, 0.29) is 4.90 Å². The Morgan fingerprint density at radius 2 is 1.93 bits per heavy atom. The number of hydrogen-bond donors (Lipinski definition) is 1. The average molecular weight is 213 g/mol. The standard InChI is InChI=1S/C9H13N2O2S/c1-7-5-3-4-6-9(7)14(12,13)11-8(2)10/h3-6,8,10-11H,1-2H3. The first kappa shape index (κ1) is 11.2. The van der Waals surface area contributed by atoms with Crippen LogP contribution in [0.1, 0.15) is 12.5 Å². The minimum atomic E-state index is -3.53. The molecular formula is C9H13N2O2S. The van der Waals surface area contributed by atoms with Crippen LogP contribution in [-0.2, 0) is 10.0 Å². The van der Waals surface area contributed by atoms with Crippen LogP contribution in [0.25, 0.3) is 0 Å². The van der Waals surface area contributed by atoms with Gasteiger partial charge in [-0.05, 0) is 25.5 Å². The first-order valence-corrected chi connectivity index (χ1v) is 5.71. The Hall–Kier alpha value is -0.910. The van der Waals surface area contributed by atoms with Crippen molar-refractivity contribution in [1.82, 2.24) is 10.5 Å². The third-order valence-corrected chi connectivity index (χ3v) is 3.42. The molecule has 77 valence electrons. The normalized spacial score (nSPS) is 13.9. The number of nitrogens with one attached hydrogen (secondary N) is 2. The zero-order valence-corrected chi connectivity index (χ0v) is 8.93. The van der Waals surface area contributed by atoms with E-state index in [0.717, 1.165) is 0 Å². The molecule has 4 nitrogen and oxygen atoms in total. The van der Waals surface area contributed by atoms with Gasteiger partial charge >= 0.3 is 0 Å². The molecule has 1 aromatic rings. The molecule has 0 saturated heterocycles. The molecule has 0 aliphatic heterocycles.